The number of nitrogens with zero attached hydrogens (tertiary/aromatic N) is 3. The first-order valence-corrected chi connectivity index (χ1v) is 11.2. The summed E-state index contributed by atoms with van der Waals surface area (Å²) in [5.41, 5.74) is 1.44. The van der Waals surface area contributed by atoms with Crippen LogP contribution in [-0.4, -0.2) is 78.2 Å². The average molecular weight is 454 g/mol. The maximum Gasteiger partial charge on any atom is 0.407 e. The minimum Gasteiger partial charge on any atom is -0.497 e. The number of carbonyl (C=O) groups excluding carboxylic acids is 1. The van der Waals surface area contributed by atoms with Crippen molar-refractivity contribution in [2.45, 2.75) is 31.0 Å². The first-order chi connectivity index (χ1) is 15.9. The van der Waals surface area contributed by atoms with E-state index in [2.05, 4.69) is 4.90 Å². The molecule has 0 bridgehead atoms. The van der Waals surface area contributed by atoms with Gasteiger partial charge in [-0.3, -0.25) is 9.69 Å². The number of amides is 2. The molecular weight excluding hydrogens is 422 g/mol. The van der Waals surface area contributed by atoms with Gasteiger partial charge in [0.05, 0.1) is 14.2 Å². The highest BCUT2D eigenvalue weighted by atomic mass is 16.5. The number of benzene rings is 2. The third kappa shape index (κ3) is 4.23. The molecule has 33 heavy (non-hydrogen) atoms. The van der Waals surface area contributed by atoms with Gasteiger partial charge in [0.1, 0.15) is 23.2 Å². The number of piperidine rings is 1. The summed E-state index contributed by atoms with van der Waals surface area (Å²) < 4.78 is 10.6. The highest BCUT2D eigenvalue weighted by Gasteiger charge is 2.57. The van der Waals surface area contributed by atoms with E-state index in [0.717, 1.165) is 22.6 Å². The minimum absolute atomic E-state index is 0.0735. The van der Waals surface area contributed by atoms with Crippen LogP contribution >= 0.6 is 0 Å². The Labute approximate surface area is 194 Å². The Morgan fingerprint density at radius 3 is 2.06 bits per heavy atom. The number of hydrogen-bond acceptors (Lipinski definition) is 5. The van der Waals surface area contributed by atoms with Gasteiger partial charge in [-0.05, 0) is 61.7 Å². The van der Waals surface area contributed by atoms with Gasteiger partial charge < -0.3 is 24.4 Å². The van der Waals surface area contributed by atoms with Gasteiger partial charge in [-0.1, -0.05) is 24.3 Å². The molecule has 2 amide bonds. The summed E-state index contributed by atoms with van der Waals surface area (Å²) in [6.07, 6.45) is 0.535. The van der Waals surface area contributed by atoms with Crippen molar-refractivity contribution in [3.63, 3.8) is 0 Å². The fourth-order valence-electron chi connectivity index (χ4n) is 5.05. The van der Waals surface area contributed by atoms with Gasteiger partial charge in [0.2, 0.25) is 5.91 Å². The second-order valence-electron chi connectivity index (χ2n) is 8.66. The Kier molecular flexibility index (Phi) is 6.47. The molecule has 1 spiro atoms. The van der Waals surface area contributed by atoms with Gasteiger partial charge in [0, 0.05) is 19.6 Å². The molecule has 2 aromatic carbocycles. The Morgan fingerprint density at radius 2 is 1.55 bits per heavy atom. The fourth-order valence-corrected chi connectivity index (χ4v) is 5.05. The van der Waals surface area contributed by atoms with Crippen LogP contribution in [0.3, 0.4) is 0 Å². The first-order valence-electron chi connectivity index (χ1n) is 11.2. The molecular formula is C25H31N3O5. The van der Waals surface area contributed by atoms with Crippen LogP contribution in [0.25, 0.3) is 0 Å². The predicted molar refractivity (Wildman–Crippen MR) is 123 cm³/mol. The normalized spacial score (nSPS) is 20.3. The maximum atomic E-state index is 13.9. The molecule has 4 rings (SSSR count). The number of likely N-dealkylation sites (N-methyl/N-ethyl adjacent to an activating group) is 1. The van der Waals surface area contributed by atoms with Gasteiger partial charge in [0.15, 0.2) is 0 Å². The number of carbonyl (C=O) groups is 2. The summed E-state index contributed by atoms with van der Waals surface area (Å²) in [5.74, 6) is 1.64. The van der Waals surface area contributed by atoms with Gasteiger partial charge in [-0.15, -0.1) is 0 Å². The van der Waals surface area contributed by atoms with Crippen molar-refractivity contribution >= 4 is 12.0 Å². The van der Waals surface area contributed by atoms with Gasteiger partial charge in [-0.25, -0.2) is 4.79 Å². The van der Waals surface area contributed by atoms with Crippen LogP contribution in [0.1, 0.15) is 30.1 Å². The molecule has 2 aliphatic heterocycles. The number of methoxy groups -OCH3 is 2. The molecule has 0 saturated carbocycles. The lowest BCUT2D eigenvalue weighted by molar-refractivity contribution is -0.135. The zero-order chi connectivity index (χ0) is 23.6. The second-order valence-corrected chi connectivity index (χ2v) is 8.66. The van der Waals surface area contributed by atoms with Crippen LogP contribution in [0.15, 0.2) is 48.5 Å². The van der Waals surface area contributed by atoms with Crippen LogP contribution in [0.5, 0.6) is 11.5 Å². The lowest BCUT2D eigenvalue weighted by Gasteiger charge is -2.41. The van der Waals surface area contributed by atoms with Crippen molar-refractivity contribution in [3.05, 3.63) is 59.7 Å². The monoisotopic (exact) mass is 453 g/mol. The zero-order valence-corrected chi connectivity index (χ0v) is 19.4. The molecule has 2 heterocycles. The molecule has 2 saturated heterocycles. The Morgan fingerprint density at radius 1 is 1.00 bits per heavy atom. The summed E-state index contributed by atoms with van der Waals surface area (Å²) in [7, 11) is 5.26. The SMILES string of the molecule is COc1ccc(CCN2C(=O)C3(CCN(C(=O)O)CC3)N(C)C2c2ccc(OC)cc2)cc1. The number of hydrogen-bond donors (Lipinski definition) is 1. The van der Waals surface area contributed by atoms with Crippen molar-refractivity contribution < 1.29 is 24.2 Å². The third-order valence-corrected chi connectivity index (χ3v) is 7.07. The standard InChI is InChI=1S/C25H31N3O5/c1-26-22(19-6-10-21(33-3)11-7-19)28(15-12-18-4-8-20(32-2)9-5-18)23(29)25(26)13-16-27(17-14-25)24(30)31/h4-11,22H,12-17H2,1-3H3,(H,30,31). The number of rotatable bonds is 6. The first kappa shape index (κ1) is 22.9. The van der Waals surface area contributed by atoms with E-state index in [1.54, 1.807) is 14.2 Å². The molecule has 8 nitrogen and oxygen atoms in total. The van der Waals surface area contributed by atoms with Crippen molar-refractivity contribution in [1.82, 2.24) is 14.7 Å². The van der Waals surface area contributed by atoms with Crippen molar-refractivity contribution in [2.75, 3.05) is 40.9 Å². The molecule has 0 radical (unpaired) electrons. The summed E-state index contributed by atoms with van der Waals surface area (Å²) >= 11 is 0. The van der Waals surface area contributed by atoms with Crippen LogP contribution < -0.4 is 9.47 Å². The molecule has 2 aromatic rings. The minimum atomic E-state index is -0.930. The fraction of sp³-hybridized carbons (Fsp3) is 0.440. The van der Waals surface area contributed by atoms with Gasteiger partial charge >= 0.3 is 6.09 Å². The quantitative estimate of drug-likeness (QED) is 0.723. The van der Waals surface area contributed by atoms with Gasteiger partial charge in [0.25, 0.3) is 0 Å². The van der Waals surface area contributed by atoms with E-state index >= 15 is 0 Å². The Balaban J connectivity index is 1.61. The van der Waals surface area contributed by atoms with Crippen LogP contribution in [0, 0.1) is 0 Å². The topological polar surface area (TPSA) is 82.5 Å². The third-order valence-electron chi connectivity index (χ3n) is 7.07. The zero-order valence-electron chi connectivity index (χ0n) is 19.4. The molecule has 0 aliphatic carbocycles. The highest BCUT2D eigenvalue weighted by molar-refractivity contribution is 5.89. The van der Waals surface area contributed by atoms with Crippen molar-refractivity contribution in [1.29, 1.82) is 0 Å². The summed E-state index contributed by atoms with van der Waals surface area (Å²) in [4.78, 5) is 30.8. The number of ether oxygens (including phenoxy) is 2. The number of likely N-dealkylation sites (tertiary alicyclic amines) is 1. The molecule has 176 valence electrons. The average Bonchev–Trinajstić information content (AvgIpc) is 3.04. The molecule has 1 N–H and O–H groups in total. The van der Waals surface area contributed by atoms with E-state index < -0.39 is 11.6 Å². The molecule has 0 aromatic heterocycles. The van der Waals surface area contributed by atoms with Crippen LogP contribution in [-0.2, 0) is 11.2 Å². The lowest BCUT2D eigenvalue weighted by atomic mass is 9.86. The summed E-state index contributed by atoms with van der Waals surface area (Å²) in [5, 5.41) is 9.38. The Hall–Kier alpha value is -3.26. The van der Waals surface area contributed by atoms with Crippen LogP contribution in [0.2, 0.25) is 0 Å². The van der Waals surface area contributed by atoms with E-state index in [1.807, 2.05) is 60.5 Å². The molecule has 1 unspecified atom stereocenters. The number of carboxylic acid groups (broad SMARTS) is 1. The van der Waals surface area contributed by atoms with E-state index in [0.29, 0.717) is 38.9 Å². The highest BCUT2D eigenvalue weighted by Crippen LogP contribution is 2.44. The summed E-state index contributed by atoms with van der Waals surface area (Å²) in [6.45, 7) is 1.27. The van der Waals surface area contributed by atoms with E-state index in [1.165, 1.54) is 4.90 Å². The Bertz CT molecular complexity index is 984. The van der Waals surface area contributed by atoms with E-state index in [9.17, 15) is 14.7 Å². The van der Waals surface area contributed by atoms with E-state index in [-0.39, 0.29) is 12.1 Å². The molecule has 2 fully saturated rings. The lowest BCUT2D eigenvalue weighted by Crippen LogP contribution is -2.56. The second kappa shape index (κ2) is 9.31. The maximum absolute atomic E-state index is 13.9. The van der Waals surface area contributed by atoms with E-state index in [4.69, 9.17) is 9.47 Å². The van der Waals surface area contributed by atoms with Crippen molar-refractivity contribution in [3.8, 4) is 11.5 Å². The largest absolute Gasteiger partial charge is 0.497 e. The molecule has 8 heteroatoms. The van der Waals surface area contributed by atoms with Crippen LogP contribution in [0.4, 0.5) is 4.79 Å². The predicted octanol–water partition coefficient (Wildman–Crippen LogP) is 3.23. The molecule has 1 atom stereocenters. The summed E-state index contributed by atoms with van der Waals surface area (Å²) in [6, 6.07) is 15.7. The smallest absolute Gasteiger partial charge is 0.407 e. The molecule has 2 aliphatic rings. The van der Waals surface area contributed by atoms with Crippen molar-refractivity contribution in [2.24, 2.45) is 0 Å². The van der Waals surface area contributed by atoms with Gasteiger partial charge in [-0.2, -0.15) is 0 Å².